The molecule has 22 heavy (non-hydrogen) atoms. The van der Waals surface area contributed by atoms with Crippen LogP contribution in [-0.2, 0) is 10.8 Å². The van der Waals surface area contributed by atoms with E-state index in [0.29, 0.717) is 5.75 Å². The van der Waals surface area contributed by atoms with Crippen molar-refractivity contribution in [2.45, 2.75) is 51.9 Å². The summed E-state index contributed by atoms with van der Waals surface area (Å²) in [5.41, 5.74) is 5.59. The fourth-order valence-electron chi connectivity index (χ4n) is 4.36. The summed E-state index contributed by atoms with van der Waals surface area (Å²) < 4.78 is 0. The monoisotopic (exact) mass is 296 g/mol. The molecular weight excluding hydrogens is 272 g/mol. The number of aromatic hydroxyl groups is 2. The molecule has 0 fully saturated rings. The maximum atomic E-state index is 10.4. The molecule has 1 unspecified atom stereocenters. The second-order valence-electron chi connectivity index (χ2n) is 7.53. The second-order valence-corrected chi connectivity index (χ2v) is 7.53. The zero-order valence-corrected chi connectivity index (χ0v) is 14.0. The van der Waals surface area contributed by atoms with Gasteiger partial charge in [0, 0.05) is 5.41 Å². The molecule has 2 aromatic rings. The minimum atomic E-state index is -0.151. The molecule has 0 saturated heterocycles. The zero-order chi connectivity index (χ0) is 16.3. The Kier molecular flexibility index (Phi) is 3.07. The average Bonchev–Trinajstić information content (AvgIpc) is 2.64. The number of hydrogen-bond acceptors (Lipinski definition) is 2. The third kappa shape index (κ3) is 1.93. The van der Waals surface area contributed by atoms with Crippen molar-refractivity contribution in [2.75, 3.05) is 0 Å². The van der Waals surface area contributed by atoms with Crippen molar-refractivity contribution < 1.29 is 10.2 Å². The normalized spacial score (nSPS) is 22.6. The highest BCUT2D eigenvalue weighted by Gasteiger charge is 2.47. The Morgan fingerprint density at radius 1 is 0.955 bits per heavy atom. The van der Waals surface area contributed by atoms with Crippen LogP contribution in [0.15, 0.2) is 30.3 Å². The topological polar surface area (TPSA) is 40.5 Å². The van der Waals surface area contributed by atoms with E-state index < -0.39 is 0 Å². The van der Waals surface area contributed by atoms with Crippen LogP contribution in [0.25, 0.3) is 0 Å². The van der Waals surface area contributed by atoms with Crippen molar-refractivity contribution in [3.63, 3.8) is 0 Å². The fourth-order valence-corrected chi connectivity index (χ4v) is 4.36. The predicted molar refractivity (Wildman–Crippen MR) is 89.8 cm³/mol. The molecule has 0 saturated carbocycles. The molecule has 1 aliphatic carbocycles. The van der Waals surface area contributed by atoms with Crippen LogP contribution in [-0.4, -0.2) is 10.2 Å². The molecule has 0 bridgehead atoms. The fraction of sp³-hybridized carbons (Fsp3) is 0.400. The Morgan fingerprint density at radius 3 is 2.14 bits per heavy atom. The highest BCUT2D eigenvalue weighted by molar-refractivity contribution is 5.60. The summed E-state index contributed by atoms with van der Waals surface area (Å²) in [6.07, 6.45) is 0.990. The molecule has 116 valence electrons. The van der Waals surface area contributed by atoms with Crippen LogP contribution < -0.4 is 0 Å². The van der Waals surface area contributed by atoms with Crippen LogP contribution in [0.2, 0.25) is 0 Å². The van der Waals surface area contributed by atoms with Crippen molar-refractivity contribution in [1.29, 1.82) is 0 Å². The maximum Gasteiger partial charge on any atom is 0.121 e. The van der Waals surface area contributed by atoms with Gasteiger partial charge in [-0.25, -0.2) is 0 Å². The molecule has 2 aromatic carbocycles. The molecule has 2 N–H and O–H groups in total. The van der Waals surface area contributed by atoms with E-state index in [2.05, 4.69) is 26.8 Å². The van der Waals surface area contributed by atoms with E-state index in [4.69, 9.17) is 0 Å². The van der Waals surface area contributed by atoms with E-state index in [1.807, 2.05) is 26.0 Å². The lowest BCUT2D eigenvalue weighted by atomic mass is 9.74. The average molecular weight is 296 g/mol. The largest absolute Gasteiger partial charge is 0.508 e. The number of aryl methyl sites for hydroxylation is 1. The van der Waals surface area contributed by atoms with Gasteiger partial charge in [-0.3, -0.25) is 0 Å². The van der Waals surface area contributed by atoms with Crippen LogP contribution in [0.3, 0.4) is 0 Å². The number of phenols is 2. The van der Waals surface area contributed by atoms with E-state index in [9.17, 15) is 10.2 Å². The summed E-state index contributed by atoms with van der Waals surface area (Å²) in [6.45, 7) is 10.8. The first-order valence-corrected chi connectivity index (χ1v) is 7.80. The predicted octanol–water partition coefficient (Wildman–Crippen LogP) is 4.70. The third-order valence-electron chi connectivity index (χ3n) is 5.31. The summed E-state index contributed by atoms with van der Waals surface area (Å²) in [7, 11) is 0. The highest BCUT2D eigenvalue weighted by Crippen LogP contribution is 2.55. The number of phenolic OH excluding ortho intramolecular Hbond substituents is 2. The van der Waals surface area contributed by atoms with Gasteiger partial charge < -0.3 is 10.2 Å². The highest BCUT2D eigenvalue weighted by atomic mass is 16.3. The Balaban J connectivity index is 2.31. The van der Waals surface area contributed by atoms with E-state index >= 15 is 0 Å². The van der Waals surface area contributed by atoms with Gasteiger partial charge in [0.1, 0.15) is 11.5 Å². The Morgan fingerprint density at radius 2 is 1.55 bits per heavy atom. The molecule has 3 rings (SSSR count). The van der Waals surface area contributed by atoms with E-state index in [1.54, 1.807) is 12.1 Å². The molecule has 2 nitrogen and oxygen atoms in total. The first-order chi connectivity index (χ1) is 10.2. The van der Waals surface area contributed by atoms with E-state index in [0.717, 1.165) is 17.5 Å². The van der Waals surface area contributed by atoms with Crippen LogP contribution in [0.1, 0.15) is 55.0 Å². The smallest absolute Gasteiger partial charge is 0.121 e. The molecule has 1 atom stereocenters. The first-order valence-electron chi connectivity index (χ1n) is 7.80. The van der Waals surface area contributed by atoms with Crippen molar-refractivity contribution in [1.82, 2.24) is 0 Å². The van der Waals surface area contributed by atoms with Gasteiger partial charge in [-0.05, 0) is 65.6 Å². The number of benzene rings is 2. The molecule has 1 aliphatic rings. The summed E-state index contributed by atoms with van der Waals surface area (Å²) >= 11 is 0. The van der Waals surface area contributed by atoms with Gasteiger partial charge in [0.15, 0.2) is 0 Å². The lowest BCUT2D eigenvalue weighted by Crippen LogP contribution is -2.24. The minimum absolute atomic E-state index is 0.0607. The summed E-state index contributed by atoms with van der Waals surface area (Å²) in [6, 6.07) is 9.63. The van der Waals surface area contributed by atoms with Crippen molar-refractivity contribution >= 4 is 0 Å². The lowest BCUT2D eigenvalue weighted by molar-refractivity contribution is 0.422. The van der Waals surface area contributed by atoms with Gasteiger partial charge in [-0.2, -0.15) is 0 Å². The zero-order valence-electron chi connectivity index (χ0n) is 14.0. The van der Waals surface area contributed by atoms with Crippen LogP contribution in [0.4, 0.5) is 0 Å². The van der Waals surface area contributed by atoms with Gasteiger partial charge in [-0.1, -0.05) is 39.0 Å². The van der Waals surface area contributed by atoms with Gasteiger partial charge in [0.25, 0.3) is 0 Å². The Labute approximate surface area is 132 Å². The van der Waals surface area contributed by atoms with Crippen molar-refractivity contribution in [3.8, 4) is 11.5 Å². The van der Waals surface area contributed by atoms with Gasteiger partial charge in [-0.15, -0.1) is 0 Å². The number of rotatable bonds is 1. The molecular formula is C20H24O2. The molecule has 0 aromatic heterocycles. The van der Waals surface area contributed by atoms with Crippen molar-refractivity contribution in [3.05, 3.63) is 58.1 Å². The van der Waals surface area contributed by atoms with Gasteiger partial charge in [0.2, 0.25) is 0 Å². The molecule has 2 heteroatoms. The summed E-state index contributed by atoms with van der Waals surface area (Å²) in [5, 5.41) is 20.0. The van der Waals surface area contributed by atoms with Crippen LogP contribution >= 0.6 is 0 Å². The number of hydrogen-bond donors (Lipinski definition) is 2. The molecule has 0 amide bonds. The number of fused-ring (bicyclic) bond motifs is 1. The minimum Gasteiger partial charge on any atom is -0.508 e. The Bertz CT molecular complexity index is 741. The molecule has 0 heterocycles. The molecule has 0 spiro atoms. The Hall–Kier alpha value is -1.96. The first kappa shape index (κ1) is 15.0. The summed E-state index contributed by atoms with van der Waals surface area (Å²) in [4.78, 5) is 0. The quantitative estimate of drug-likeness (QED) is 0.800. The lowest BCUT2D eigenvalue weighted by Gasteiger charge is -2.29. The van der Waals surface area contributed by atoms with Crippen LogP contribution in [0.5, 0.6) is 11.5 Å². The summed E-state index contributed by atoms with van der Waals surface area (Å²) in [5.74, 6) is 0.690. The maximum absolute atomic E-state index is 10.4. The van der Waals surface area contributed by atoms with Crippen LogP contribution in [0, 0.1) is 13.8 Å². The SMILES string of the molecule is Cc1cc2c(c(C)c1O)C(C)(c1ccc(O)cc1)CC2(C)C. The van der Waals surface area contributed by atoms with E-state index in [-0.39, 0.29) is 16.6 Å². The second kappa shape index (κ2) is 4.52. The van der Waals surface area contributed by atoms with Crippen molar-refractivity contribution in [2.24, 2.45) is 0 Å². The van der Waals surface area contributed by atoms with Gasteiger partial charge >= 0.3 is 0 Å². The standard InChI is InChI=1S/C20H24O2/c1-12-10-16-17(13(2)18(12)22)20(5,11-19(16,3)4)14-6-8-15(21)9-7-14/h6-10,21-22H,11H2,1-5H3. The van der Waals surface area contributed by atoms with Gasteiger partial charge in [0.05, 0.1) is 0 Å². The molecule has 0 aliphatic heterocycles. The third-order valence-corrected chi connectivity index (χ3v) is 5.31. The molecule has 0 radical (unpaired) electrons. The van der Waals surface area contributed by atoms with E-state index in [1.165, 1.54) is 16.7 Å².